The van der Waals surface area contributed by atoms with E-state index in [0.717, 1.165) is 0 Å². The largest absolute Gasteiger partial charge is 1.00 e. The van der Waals surface area contributed by atoms with E-state index in [1.807, 2.05) is 0 Å². The van der Waals surface area contributed by atoms with Crippen LogP contribution in [0.2, 0.25) is 58.9 Å². The van der Waals surface area contributed by atoms with Crippen LogP contribution in [-0.4, -0.2) is 24.2 Å². The Morgan fingerprint density at radius 3 is 0.643 bits per heavy atom. The van der Waals surface area contributed by atoms with Crippen LogP contribution >= 0.6 is 0 Å². The first-order valence-corrected chi connectivity index (χ1v) is 15.8. The van der Waals surface area contributed by atoms with Crippen molar-refractivity contribution in [3.05, 3.63) is 4.79 Å². The summed E-state index contributed by atoms with van der Waals surface area (Å²) in [5.41, 5.74) is 0. The maximum absolute atomic E-state index is 2.53. The fourth-order valence-corrected chi connectivity index (χ4v) is 30.4. The van der Waals surface area contributed by atoms with Gasteiger partial charge in [-0.15, -0.1) is 24.2 Å². The summed E-state index contributed by atoms with van der Waals surface area (Å²) in [7, 11) is -3.05. The van der Waals surface area contributed by atoms with Crippen LogP contribution in [0.5, 0.6) is 0 Å². The number of hydrogen-bond acceptors (Lipinski definition) is 0. The zero-order valence-corrected chi connectivity index (χ0v) is 15.0. The summed E-state index contributed by atoms with van der Waals surface area (Å²) < 4.78 is 0. The summed E-state index contributed by atoms with van der Waals surface area (Å²) in [5, 5.41) is 0. The van der Waals surface area contributed by atoms with E-state index in [2.05, 4.69) is 63.7 Å². The monoisotopic (exact) mass is 238 g/mol. The Kier molecular flexibility index (Phi) is 6.36. The second kappa shape index (κ2) is 5.05. The van der Waals surface area contributed by atoms with Crippen molar-refractivity contribution in [2.24, 2.45) is 0 Å². The van der Waals surface area contributed by atoms with Gasteiger partial charge in [0.1, 0.15) is 0 Å². The summed E-state index contributed by atoms with van der Waals surface area (Å²) in [5.74, 6) is 0. The molecule has 0 heterocycles. The van der Waals surface area contributed by atoms with Gasteiger partial charge in [-0.05, 0) is 0 Å². The van der Waals surface area contributed by atoms with Crippen molar-refractivity contribution in [1.29, 1.82) is 0 Å². The zero-order valence-electron chi connectivity index (χ0n) is 12.0. The molecule has 0 bridgehead atoms. The van der Waals surface area contributed by atoms with Crippen molar-refractivity contribution in [1.82, 2.24) is 0 Å². The van der Waals surface area contributed by atoms with Crippen molar-refractivity contribution < 1.29 is 18.9 Å². The molecule has 0 radical (unpaired) electrons. The van der Waals surface area contributed by atoms with Gasteiger partial charge in [-0.3, -0.25) is 0 Å². The van der Waals surface area contributed by atoms with Crippen molar-refractivity contribution >= 4 is 24.2 Å². The molecular formula is C10H27LiSi3. The summed E-state index contributed by atoms with van der Waals surface area (Å²) >= 11 is 0. The minimum absolute atomic E-state index is 0. The molecule has 0 amide bonds. The molecule has 0 atom stereocenters. The smallest absolute Gasteiger partial charge is 0.311 e. The van der Waals surface area contributed by atoms with E-state index < -0.39 is 24.2 Å². The van der Waals surface area contributed by atoms with Crippen molar-refractivity contribution in [3.8, 4) is 0 Å². The van der Waals surface area contributed by atoms with Gasteiger partial charge in [0.05, 0.1) is 0 Å². The minimum Gasteiger partial charge on any atom is -0.311 e. The molecule has 80 valence electrons. The Labute approximate surface area is 106 Å². The average Bonchev–Trinajstić information content (AvgIpc) is 1.44. The van der Waals surface area contributed by atoms with Crippen LogP contribution in [0.1, 0.15) is 0 Å². The topological polar surface area (TPSA) is 0 Å². The third-order valence-corrected chi connectivity index (χ3v) is 20.2. The molecule has 0 N–H and O–H groups in total. The first-order valence-electron chi connectivity index (χ1n) is 5.25. The molecule has 0 nitrogen and oxygen atoms in total. The normalized spacial score (nSPS) is 14.1. The molecule has 0 spiro atoms. The molecule has 0 aromatic rings. The first kappa shape index (κ1) is 17.6. The quantitative estimate of drug-likeness (QED) is 0.512. The second-order valence-corrected chi connectivity index (χ2v) is 23.6. The van der Waals surface area contributed by atoms with E-state index >= 15 is 0 Å². The minimum atomic E-state index is -1.02. The van der Waals surface area contributed by atoms with Gasteiger partial charge in [-0.1, -0.05) is 58.9 Å². The van der Waals surface area contributed by atoms with Crippen LogP contribution in [0.3, 0.4) is 0 Å². The van der Waals surface area contributed by atoms with Crippen LogP contribution in [0.15, 0.2) is 0 Å². The molecule has 0 fully saturated rings. The summed E-state index contributed by atoms with van der Waals surface area (Å²) in [6.45, 7) is 22.7. The van der Waals surface area contributed by atoms with Crippen molar-refractivity contribution in [2.75, 3.05) is 0 Å². The summed E-state index contributed by atoms with van der Waals surface area (Å²) in [4.78, 5) is 2.06. The molecule has 0 unspecified atom stereocenters. The van der Waals surface area contributed by atoms with Gasteiger partial charge in [-0.25, -0.2) is 0 Å². The Bertz CT molecular complexity index is 138. The standard InChI is InChI=1S/C10H27Si3.Li/c1-11(2,3)10(12(4,5)6)13(7,8)9;/h1-9H3;/q-1;+1. The van der Waals surface area contributed by atoms with E-state index in [1.165, 1.54) is 0 Å². The first-order chi connectivity index (χ1) is 5.37. The second-order valence-electron chi connectivity index (χ2n) is 7.12. The van der Waals surface area contributed by atoms with E-state index in [4.69, 9.17) is 0 Å². The van der Waals surface area contributed by atoms with E-state index in [0.29, 0.717) is 0 Å². The van der Waals surface area contributed by atoms with E-state index in [-0.39, 0.29) is 18.9 Å². The molecule has 0 saturated carbocycles. The zero-order chi connectivity index (χ0) is 11.1. The summed E-state index contributed by atoms with van der Waals surface area (Å²) in [6.07, 6.45) is 0. The van der Waals surface area contributed by atoms with Gasteiger partial charge in [0, 0.05) is 0 Å². The predicted molar refractivity (Wildman–Crippen MR) is 73.3 cm³/mol. The van der Waals surface area contributed by atoms with Gasteiger partial charge in [0.15, 0.2) is 0 Å². The van der Waals surface area contributed by atoms with Crippen LogP contribution in [0.25, 0.3) is 0 Å². The van der Waals surface area contributed by atoms with Gasteiger partial charge < -0.3 is 4.79 Å². The third-order valence-electron chi connectivity index (χ3n) is 2.25. The Morgan fingerprint density at radius 2 is 0.643 bits per heavy atom. The van der Waals surface area contributed by atoms with E-state index in [1.54, 1.807) is 0 Å². The predicted octanol–water partition coefficient (Wildman–Crippen LogP) is 1.20. The summed E-state index contributed by atoms with van der Waals surface area (Å²) in [6, 6.07) is 0. The van der Waals surface area contributed by atoms with Gasteiger partial charge in [-0.2, -0.15) is 0 Å². The average molecular weight is 239 g/mol. The number of hydrogen-bond donors (Lipinski definition) is 0. The Balaban J connectivity index is 0. The molecule has 0 saturated heterocycles. The molecule has 14 heavy (non-hydrogen) atoms. The fraction of sp³-hybridized carbons (Fsp3) is 0.900. The molecule has 0 aliphatic rings. The van der Waals surface area contributed by atoms with Crippen LogP contribution in [0.4, 0.5) is 0 Å². The van der Waals surface area contributed by atoms with E-state index in [9.17, 15) is 0 Å². The molecule has 0 aromatic carbocycles. The van der Waals surface area contributed by atoms with Gasteiger partial charge in [0.2, 0.25) is 0 Å². The Hall–Kier alpha value is 1.25. The maximum atomic E-state index is 2.53. The maximum Gasteiger partial charge on any atom is 1.00 e. The molecule has 0 aliphatic heterocycles. The molecule has 0 rings (SSSR count). The van der Waals surface area contributed by atoms with Gasteiger partial charge >= 0.3 is 18.9 Å². The fourth-order valence-electron chi connectivity index (χ4n) is 3.38. The number of rotatable bonds is 3. The van der Waals surface area contributed by atoms with Gasteiger partial charge in [0.25, 0.3) is 0 Å². The van der Waals surface area contributed by atoms with Crippen molar-refractivity contribution in [2.45, 2.75) is 58.9 Å². The van der Waals surface area contributed by atoms with Crippen LogP contribution < -0.4 is 18.9 Å². The molecule has 0 aliphatic carbocycles. The Morgan fingerprint density at radius 1 is 0.500 bits per heavy atom. The SMILES string of the molecule is C[Si](C)(C)[C-]([Si](C)(C)C)[Si](C)(C)C.[Li+]. The molecule has 4 heteroatoms. The third kappa shape index (κ3) is 5.36. The molecular weight excluding hydrogens is 211 g/mol. The van der Waals surface area contributed by atoms with Crippen LogP contribution in [-0.2, 0) is 0 Å². The van der Waals surface area contributed by atoms with Crippen molar-refractivity contribution in [3.63, 3.8) is 0 Å². The van der Waals surface area contributed by atoms with Crippen LogP contribution in [0, 0.1) is 4.79 Å². The molecule has 0 aromatic heterocycles.